The van der Waals surface area contributed by atoms with Gasteiger partial charge in [-0.2, -0.15) is 0 Å². The molecular formula is C3H14LiNSi2. The summed E-state index contributed by atoms with van der Waals surface area (Å²) in [5.41, 5.74) is 0. The summed E-state index contributed by atoms with van der Waals surface area (Å²) >= 11 is 0. The van der Waals surface area contributed by atoms with Crippen molar-refractivity contribution in [2.75, 3.05) is 0 Å². The summed E-state index contributed by atoms with van der Waals surface area (Å²) < 4.78 is 0. The van der Waals surface area contributed by atoms with Crippen LogP contribution in [0, 0.1) is 0 Å². The predicted octanol–water partition coefficient (Wildman–Crippen LogP) is -1.71. The van der Waals surface area contributed by atoms with Crippen molar-refractivity contribution >= 4 is 37.1 Å². The second-order valence-electron chi connectivity index (χ2n) is 1.77. The monoisotopic (exact) mass is 127 g/mol. The molecule has 2 N–H and O–H groups in total. The molecule has 1 nitrogen and oxygen atoms in total. The van der Waals surface area contributed by atoms with Crippen LogP contribution in [-0.4, -0.2) is 37.1 Å². The van der Waals surface area contributed by atoms with E-state index in [0.29, 0.717) is 0 Å². The van der Waals surface area contributed by atoms with Gasteiger partial charge in [0.1, 0.15) is 0 Å². The van der Waals surface area contributed by atoms with Crippen LogP contribution < -0.4 is 5.40 Å². The zero-order chi connectivity index (χ0) is 4.99. The van der Waals surface area contributed by atoms with Crippen molar-refractivity contribution < 1.29 is 0 Å². The molecule has 0 aromatic rings. The van der Waals surface area contributed by atoms with Gasteiger partial charge in [0.05, 0.1) is 8.48 Å². The molecule has 4 heteroatoms. The first-order chi connectivity index (χ1) is 2.77. The van der Waals surface area contributed by atoms with Gasteiger partial charge in [-0.1, -0.05) is 19.4 Å². The molecule has 0 amide bonds. The van der Waals surface area contributed by atoms with Gasteiger partial charge in [-0.05, 0) is 0 Å². The van der Waals surface area contributed by atoms with Crippen LogP contribution in [0.2, 0.25) is 6.04 Å². The van der Waals surface area contributed by atoms with E-state index in [0.717, 1.165) is 0 Å². The van der Waals surface area contributed by atoms with E-state index in [4.69, 9.17) is 5.40 Å². The fourth-order valence-corrected chi connectivity index (χ4v) is 3.10. The zero-order valence-electron chi connectivity index (χ0n) is 4.57. The average molecular weight is 127 g/mol. The van der Waals surface area contributed by atoms with Gasteiger partial charge in [0.25, 0.3) is 0 Å². The predicted molar refractivity (Wildman–Crippen MR) is 43.5 cm³/mol. The molecule has 0 aliphatic heterocycles. The first kappa shape index (κ1) is 10.9. The Bertz CT molecular complexity index is 34.1. The van der Waals surface area contributed by atoms with E-state index in [1.807, 2.05) is 0 Å². The number of rotatable bonds is 2. The summed E-state index contributed by atoms with van der Waals surface area (Å²) in [5.74, 6) is 0. The second-order valence-corrected chi connectivity index (χ2v) is 8.75. The van der Waals surface area contributed by atoms with Gasteiger partial charge in [-0.15, -0.1) is 0 Å². The maximum absolute atomic E-state index is 5.60. The van der Waals surface area contributed by atoms with Gasteiger partial charge >= 0.3 is 18.9 Å². The third kappa shape index (κ3) is 10.9. The number of nitrogens with two attached hydrogens (primary N) is 1. The summed E-state index contributed by atoms with van der Waals surface area (Å²) in [6.07, 6.45) is 1.30. The van der Waals surface area contributed by atoms with Crippen LogP contribution in [-0.2, 0) is 0 Å². The Morgan fingerprint density at radius 3 is 2.14 bits per heavy atom. The molecule has 0 aliphatic carbocycles. The van der Waals surface area contributed by atoms with Crippen molar-refractivity contribution in [3.63, 3.8) is 0 Å². The van der Waals surface area contributed by atoms with Crippen LogP contribution >= 0.6 is 0 Å². The van der Waals surface area contributed by atoms with E-state index >= 15 is 0 Å². The van der Waals surface area contributed by atoms with Gasteiger partial charge in [-0.3, -0.25) is 0 Å². The Balaban J connectivity index is 0. The molecule has 0 fully saturated rings. The molecule has 0 aromatic heterocycles. The standard InChI is InChI=1S/C3H13NSi2.Li.H/c1-2-3-6(4)5;;/h6H,2-4H2,1,5H3;;. The van der Waals surface area contributed by atoms with Crippen LogP contribution in [0.15, 0.2) is 0 Å². The van der Waals surface area contributed by atoms with Crippen molar-refractivity contribution in [1.29, 1.82) is 0 Å². The molecule has 40 valence electrons. The van der Waals surface area contributed by atoms with Crippen LogP contribution in [0.25, 0.3) is 0 Å². The van der Waals surface area contributed by atoms with E-state index in [9.17, 15) is 0 Å². The Morgan fingerprint density at radius 1 is 1.71 bits per heavy atom. The molecule has 0 aromatic carbocycles. The first-order valence-electron chi connectivity index (χ1n) is 2.53. The molecule has 0 spiro atoms. The SMILES string of the molecule is CCC[SiH](N)[SiH3].[LiH]. The molecule has 0 saturated heterocycles. The number of hydrogen-bond donors (Lipinski definition) is 1. The van der Waals surface area contributed by atoms with E-state index < -0.39 is 8.48 Å². The molecule has 0 rings (SSSR count). The average Bonchev–Trinajstić information content (AvgIpc) is 1.35. The first-order valence-corrected chi connectivity index (χ1v) is 8.63. The molecule has 7 heavy (non-hydrogen) atoms. The Hall–Kier alpha value is 0.991. The molecule has 0 heterocycles. The Labute approximate surface area is 62.1 Å². The maximum atomic E-state index is 5.60. The van der Waals surface area contributed by atoms with Crippen LogP contribution in [0.5, 0.6) is 0 Å². The zero-order valence-corrected chi connectivity index (χ0v) is 7.72. The van der Waals surface area contributed by atoms with Crippen molar-refractivity contribution in [2.45, 2.75) is 19.4 Å². The third-order valence-corrected chi connectivity index (χ3v) is 3.96. The van der Waals surface area contributed by atoms with Gasteiger partial charge < -0.3 is 5.40 Å². The van der Waals surface area contributed by atoms with E-state index in [2.05, 4.69) is 6.92 Å². The summed E-state index contributed by atoms with van der Waals surface area (Å²) in [6.45, 7) is 2.20. The molecule has 0 radical (unpaired) electrons. The van der Waals surface area contributed by atoms with Gasteiger partial charge in [0.2, 0.25) is 0 Å². The Kier molecular flexibility index (Phi) is 10.9. The third-order valence-electron chi connectivity index (χ3n) is 0.744. The topological polar surface area (TPSA) is 26.0 Å². The molecule has 0 bridgehead atoms. The molecule has 0 saturated carbocycles. The van der Waals surface area contributed by atoms with Crippen molar-refractivity contribution in [3.8, 4) is 0 Å². The summed E-state index contributed by atoms with van der Waals surface area (Å²) in [4.78, 5) is 0. The fourth-order valence-electron chi connectivity index (χ4n) is 0.455. The van der Waals surface area contributed by atoms with Gasteiger partial charge in [0.15, 0.2) is 0 Å². The van der Waals surface area contributed by atoms with Crippen LogP contribution in [0.4, 0.5) is 0 Å². The van der Waals surface area contributed by atoms with Crippen molar-refractivity contribution in [1.82, 2.24) is 0 Å². The fraction of sp³-hybridized carbons (Fsp3) is 1.00. The van der Waals surface area contributed by atoms with Crippen molar-refractivity contribution in [3.05, 3.63) is 0 Å². The molecule has 1 atom stereocenters. The van der Waals surface area contributed by atoms with E-state index in [1.54, 1.807) is 0 Å². The number of hydrogen-bond acceptors (Lipinski definition) is 1. The molecular weight excluding hydrogens is 113 g/mol. The summed E-state index contributed by atoms with van der Waals surface area (Å²) in [5, 5.41) is 5.60. The Morgan fingerprint density at radius 2 is 2.14 bits per heavy atom. The van der Waals surface area contributed by atoms with Gasteiger partial charge in [-0.25, -0.2) is 0 Å². The van der Waals surface area contributed by atoms with Crippen LogP contribution in [0.1, 0.15) is 13.3 Å². The summed E-state index contributed by atoms with van der Waals surface area (Å²) in [6, 6.07) is 1.35. The van der Waals surface area contributed by atoms with Crippen molar-refractivity contribution in [2.24, 2.45) is 5.40 Å². The molecule has 1 unspecified atom stereocenters. The van der Waals surface area contributed by atoms with Gasteiger partial charge in [0, 0.05) is 9.76 Å². The van der Waals surface area contributed by atoms with E-state index in [-0.39, 0.29) is 18.9 Å². The van der Waals surface area contributed by atoms with E-state index in [1.165, 1.54) is 22.2 Å². The quantitative estimate of drug-likeness (QED) is 0.439. The molecule has 0 aliphatic rings. The minimum atomic E-state index is -0.532. The second kappa shape index (κ2) is 6.99. The van der Waals surface area contributed by atoms with Crippen LogP contribution in [0.3, 0.4) is 0 Å². The summed E-state index contributed by atoms with van der Waals surface area (Å²) in [7, 11) is 0.764. The normalized spacial score (nSPS) is 12.9. The minimum absolute atomic E-state index is 0.